The molecule has 0 aliphatic heterocycles. The summed E-state index contributed by atoms with van der Waals surface area (Å²) >= 11 is 0. The maximum Gasteiger partial charge on any atom is 0.216 e. The van der Waals surface area contributed by atoms with Crippen molar-refractivity contribution in [1.82, 2.24) is 10.6 Å². The molecule has 1 amide bonds. The molecule has 0 aliphatic rings. The summed E-state index contributed by atoms with van der Waals surface area (Å²) in [6.45, 7) is 6.14. The van der Waals surface area contributed by atoms with Crippen LogP contribution in [-0.4, -0.2) is 30.7 Å². The Hall–Kier alpha value is -1.75. The normalized spacial score (nSPS) is 10.2. The van der Waals surface area contributed by atoms with Gasteiger partial charge in [0, 0.05) is 20.0 Å². The van der Waals surface area contributed by atoms with Crippen LogP contribution in [0.2, 0.25) is 0 Å². The minimum atomic E-state index is -0.000101. The maximum atomic E-state index is 10.7. The average Bonchev–Trinajstić information content (AvgIpc) is 2.37. The minimum absolute atomic E-state index is 0.000101. The highest BCUT2D eigenvalue weighted by Gasteiger charge is 2.03. The third kappa shape index (κ3) is 6.10. The smallest absolute Gasteiger partial charge is 0.216 e. The second-order valence-electron chi connectivity index (χ2n) is 4.25. The summed E-state index contributed by atoms with van der Waals surface area (Å²) in [4.78, 5) is 10.7. The predicted molar refractivity (Wildman–Crippen MR) is 74.3 cm³/mol. The molecular formula is C14H22N2O3. The van der Waals surface area contributed by atoms with E-state index in [1.54, 1.807) is 6.07 Å². The molecule has 1 aromatic carbocycles. The van der Waals surface area contributed by atoms with Gasteiger partial charge in [0.05, 0.1) is 6.61 Å². The Bertz CT molecular complexity index is 408. The molecule has 106 valence electrons. The molecule has 5 nitrogen and oxygen atoms in total. The van der Waals surface area contributed by atoms with Crippen LogP contribution in [0.15, 0.2) is 18.2 Å². The van der Waals surface area contributed by atoms with Crippen LogP contribution in [-0.2, 0) is 11.3 Å². The van der Waals surface area contributed by atoms with Crippen molar-refractivity contribution in [1.29, 1.82) is 0 Å². The van der Waals surface area contributed by atoms with Crippen molar-refractivity contribution >= 4 is 5.91 Å². The van der Waals surface area contributed by atoms with Crippen LogP contribution < -0.4 is 15.4 Å². The fraction of sp³-hybridized carbons (Fsp3) is 0.500. The van der Waals surface area contributed by atoms with Crippen molar-refractivity contribution in [3.8, 4) is 11.5 Å². The fourth-order valence-corrected chi connectivity index (χ4v) is 1.65. The highest BCUT2D eigenvalue weighted by atomic mass is 16.5. The lowest BCUT2D eigenvalue weighted by atomic mass is 10.2. The Morgan fingerprint density at radius 3 is 2.84 bits per heavy atom. The van der Waals surface area contributed by atoms with E-state index in [0.29, 0.717) is 25.4 Å². The van der Waals surface area contributed by atoms with Crippen molar-refractivity contribution in [2.75, 3.05) is 19.7 Å². The highest BCUT2D eigenvalue weighted by Crippen LogP contribution is 2.26. The number of benzene rings is 1. The van der Waals surface area contributed by atoms with Gasteiger partial charge in [-0.1, -0.05) is 6.07 Å². The van der Waals surface area contributed by atoms with Gasteiger partial charge in [-0.3, -0.25) is 4.79 Å². The molecule has 5 heteroatoms. The van der Waals surface area contributed by atoms with Crippen LogP contribution in [0.25, 0.3) is 0 Å². The quantitative estimate of drug-likeness (QED) is 0.622. The number of ether oxygens (including phenoxy) is 1. The molecule has 0 atom stereocenters. The first-order valence-corrected chi connectivity index (χ1v) is 6.53. The minimum Gasteiger partial charge on any atom is -0.504 e. The monoisotopic (exact) mass is 266 g/mol. The van der Waals surface area contributed by atoms with E-state index >= 15 is 0 Å². The van der Waals surface area contributed by atoms with Gasteiger partial charge in [0.1, 0.15) is 0 Å². The molecule has 0 aliphatic carbocycles. The Morgan fingerprint density at radius 1 is 1.37 bits per heavy atom. The van der Waals surface area contributed by atoms with Gasteiger partial charge in [-0.05, 0) is 37.6 Å². The average molecular weight is 266 g/mol. The van der Waals surface area contributed by atoms with E-state index in [2.05, 4.69) is 10.6 Å². The molecule has 1 aromatic rings. The first-order valence-electron chi connectivity index (χ1n) is 6.53. The Balaban J connectivity index is 2.29. The zero-order chi connectivity index (χ0) is 14.1. The molecule has 0 fully saturated rings. The SMILES string of the molecule is CCOc1cc(CNCCCNC(C)=O)ccc1O. The second-order valence-corrected chi connectivity index (χ2v) is 4.25. The topological polar surface area (TPSA) is 70.6 Å². The number of amides is 1. The zero-order valence-electron chi connectivity index (χ0n) is 11.5. The van der Waals surface area contributed by atoms with E-state index in [0.717, 1.165) is 18.5 Å². The van der Waals surface area contributed by atoms with E-state index in [1.807, 2.05) is 19.1 Å². The van der Waals surface area contributed by atoms with E-state index in [-0.39, 0.29) is 11.7 Å². The lowest BCUT2D eigenvalue weighted by Crippen LogP contribution is -2.24. The van der Waals surface area contributed by atoms with Gasteiger partial charge < -0.3 is 20.5 Å². The van der Waals surface area contributed by atoms with Crippen LogP contribution in [0, 0.1) is 0 Å². The van der Waals surface area contributed by atoms with Crippen LogP contribution in [0.3, 0.4) is 0 Å². The number of phenols is 1. The lowest BCUT2D eigenvalue weighted by Gasteiger charge is -2.09. The maximum absolute atomic E-state index is 10.7. The van der Waals surface area contributed by atoms with E-state index in [9.17, 15) is 9.90 Å². The standard InChI is InChI=1S/C14H22N2O3/c1-3-19-14-9-12(5-6-13(14)18)10-15-7-4-8-16-11(2)17/h5-6,9,15,18H,3-4,7-8,10H2,1-2H3,(H,16,17). The number of carbonyl (C=O) groups is 1. The Kier molecular flexibility index (Phi) is 6.74. The van der Waals surface area contributed by atoms with Crippen LogP contribution in [0.1, 0.15) is 25.8 Å². The molecule has 19 heavy (non-hydrogen) atoms. The van der Waals surface area contributed by atoms with Gasteiger partial charge in [-0.15, -0.1) is 0 Å². The number of aromatic hydroxyl groups is 1. The second kappa shape index (κ2) is 8.37. The third-order valence-electron chi connectivity index (χ3n) is 2.56. The van der Waals surface area contributed by atoms with Gasteiger partial charge in [0.25, 0.3) is 0 Å². The molecule has 0 radical (unpaired) electrons. The Morgan fingerprint density at radius 2 is 2.16 bits per heavy atom. The van der Waals surface area contributed by atoms with Crippen molar-refractivity contribution in [3.63, 3.8) is 0 Å². The predicted octanol–water partition coefficient (Wildman–Crippen LogP) is 1.41. The van der Waals surface area contributed by atoms with E-state index in [1.165, 1.54) is 6.92 Å². The summed E-state index contributed by atoms with van der Waals surface area (Å²) in [6, 6.07) is 5.33. The molecule has 0 bridgehead atoms. The number of rotatable bonds is 8. The fourth-order valence-electron chi connectivity index (χ4n) is 1.65. The molecule has 0 unspecified atom stereocenters. The molecule has 0 spiro atoms. The van der Waals surface area contributed by atoms with Gasteiger partial charge in [0.15, 0.2) is 11.5 Å². The first-order chi connectivity index (χ1) is 9.13. The number of hydrogen-bond acceptors (Lipinski definition) is 4. The van der Waals surface area contributed by atoms with Gasteiger partial charge in [0.2, 0.25) is 5.91 Å². The number of hydrogen-bond donors (Lipinski definition) is 3. The van der Waals surface area contributed by atoms with Crippen molar-refractivity contribution in [2.45, 2.75) is 26.8 Å². The lowest BCUT2D eigenvalue weighted by molar-refractivity contribution is -0.118. The van der Waals surface area contributed by atoms with Crippen LogP contribution in [0.4, 0.5) is 0 Å². The van der Waals surface area contributed by atoms with Crippen LogP contribution >= 0.6 is 0 Å². The number of phenolic OH excluding ortho intramolecular Hbond substituents is 1. The summed E-state index contributed by atoms with van der Waals surface area (Å²) in [5, 5.41) is 15.6. The van der Waals surface area contributed by atoms with Crippen LogP contribution in [0.5, 0.6) is 11.5 Å². The summed E-state index contributed by atoms with van der Waals surface area (Å²) in [7, 11) is 0. The summed E-state index contributed by atoms with van der Waals surface area (Å²) in [6.07, 6.45) is 0.885. The first kappa shape index (κ1) is 15.3. The summed E-state index contributed by atoms with van der Waals surface area (Å²) in [5.74, 6) is 0.677. The molecule has 0 saturated carbocycles. The summed E-state index contributed by atoms with van der Waals surface area (Å²) in [5.41, 5.74) is 1.06. The largest absolute Gasteiger partial charge is 0.504 e. The molecular weight excluding hydrogens is 244 g/mol. The molecule has 3 N–H and O–H groups in total. The van der Waals surface area contributed by atoms with E-state index < -0.39 is 0 Å². The molecule has 1 rings (SSSR count). The summed E-state index contributed by atoms with van der Waals surface area (Å²) < 4.78 is 5.32. The number of carbonyl (C=O) groups excluding carboxylic acids is 1. The van der Waals surface area contributed by atoms with Crippen molar-refractivity contribution in [3.05, 3.63) is 23.8 Å². The highest BCUT2D eigenvalue weighted by molar-refractivity contribution is 5.72. The van der Waals surface area contributed by atoms with Gasteiger partial charge >= 0.3 is 0 Å². The van der Waals surface area contributed by atoms with Crippen molar-refractivity contribution < 1.29 is 14.6 Å². The zero-order valence-corrected chi connectivity index (χ0v) is 11.5. The number of nitrogens with one attached hydrogen (secondary N) is 2. The van der Waals surface area contributed by atoms with Gasteiger partial charge in [-0.25, -0.2) is 0 Å². The van der Waals surface area contributed by atoms with Crippen molar-refractivity contribution in [2.24, 2.45) is 0 Å². The van der Waals surface area contributed by atoms with Gasteiger partial charge in [-0.2, -0.15) is 0 Å². The Labute approximate surface area is 114 Å². The van der Waals surface area contributed by atoms with E-state index in [4.69, 9.17) is 4.74 Å². The molecule has 0 saturated heterocycles. The molecule has 0 heterocycles. The third-order valence-corrected chi connectivity index (χ3v) is 2.56. The molecule has 0 aromatic heterocycles.